The van der Waals surface area contributed by atoms with Crippen LogP contribution in [0.4, 0.5) is 0 Å². The highest BCUT2D eigenvalue weighted by atomic mass is 35.5. The van der Waals surface area contributed by atoms with Crippen molar-refractivity contribution in [2.45, 2.75) is 89.5 Å². The van der Waals surface area contributed by atoms with Crippen LogP contribution in [0.2, 0.25) is 0 Å². The van der Waals surface area contributed by atoms with Gasteiger partial charge in [0.2, 0.25) is 5.91 Å². The lowest BCUT2D eigenvalue weighted by Crippen LogP contribution is -2.49. The summed E-state index contributed by atoms with van der Waals surface area (Å²) in [4.78, 5) is 12.2. The van der Waals surface area contributed by atoms with E-state index in [0.29, 0.717) is 12.1 Å². The van der Waals surface area contributed by atoms with Gasteiger partial charge in [-0.15, -0.1) is 12.4 Å². The van der Waals surface area contributed by atoms with Crippen LogP contribution < -0.4 is 10.6 Å². The van der Waals surface area contributed by atoms with Crippen LogP contribution in [0.15, 0.2) is 0 Å². The van der Waals surface area contributed by atoms with Crippen molar-refractivity contribution in [3.63, 3.8) is 0 Å². The van der Waals surface area contributed by atoms with Gasteiger partial charge in [-0.1, -0.05) is 25.7 Å². The fraction of sp³-hybridized carbons (Fsp3) is 0.938. The number of hydrogen-bond donors (Lipinski definition) is 2. The highest BCUT2D eigenvalue weighted by Crippen LogP contribution is 2.21. The lowest BCUT2D eigenvalue weighted by atomic mass is 10.0. The van der Waals surface area contributed by atoms with Gasteiger partial charge in [-0.05, 0) is 46.1 Å². The molecule has 4 nitrogen and oxygen atoms in total. The number of carbonyl (C=O) groups is 1. The Hall–Kier alpha value is -0.320. The lowest BCUT2D eigenvalue weighted by molar-refractivity contribution is -0.136. The first-order chi connectivity index (χ1) is 9.65. The van der Waals surface area contributed by atoms with E-state index in [-0.39, 0.29) is 30.5 Å². The van der Waals surface area contributed by atoms with Crippen LogP contribution in [-0.4, -0.2) is 36.7 Å². The monoisotopic (exact) mass is 318 g/mol. The predicted molar refractivity (Wildman–Crippen MR) is 87.9 cm³/mol. The van der Waals surface area contributed by atoms with Crippen LogP contribution in [0.5, 0.6) is 0 Å². The number of ether oxygens (including phenoxy) is 1. The number of hydrogen-bond acceptors (Lipinski definition) is 3. The number of rotatable bonds is 4. The maximum absolute atomic E-state index is 12.2. The van der Waals surface area contributed by atoms with Crippen molar-refractivity contribution in [3.05, 3.63) is 0 Å². The Morgan fingerprint density at radius 2 is 1.86 bits per heavy atom. The molecule has 3 atom stereocenters. The quantitative estimate of drug-likeness (QED) is 0.784. The first kappa shape index (κ1) is 18.7. The summed E-state index contributed by atoms with van der Waals surface area (Å²) in [5.41, 5.74) is 0. The molecule has 0 aromatic rings. The summed E-state index contributed by atoms with van der Waals surface area (Å²) in [6.07, 6.45) is 9.34. The largest absolute Gasteiger partial charge is 0.365 e. The minimum absolute atomic E-state index is 0. The summed E-state index contributed by atoms with van der Waals surface area (Å²) in [7, 11) is 0. The van der Waals surface area contributed by atoms with Crippen molar-refractivity contribution >= 4 is 18.3 Å². The molecule has 1 saturated carbocycles. The maximum atomic E-state index is 12.2. The normalized spacial score (nSPS) is 29.0. The summed E-state index contributed by atoms with van der Waals surface area (Å²) < 4.78 is 5.97. The van der Waals surface area contributed by atoms with Gasteiger partial charge in [-0.3, -0.25) is 4.79 Å². The van der Waals surface area contributed by atoms with Crippen LogP contribution >= 0.6 is 12.4 Å². The second-order valence-corrected chi connectivity index (χ2v) is 6.48. The molecule has 2 aliphatic rings. The SMILES string of the molecule is CC1CC(NC(=O)C(C)OC2CCCCCC2)CCN1.Cl. The lowest BCUT2D eigenvalue weighted by Gasteiger charge is -2.30. The van der Waals surface area contributed by atoms with Crippen molar-refractivity contribution in [2.75, 3.05) is 6.54 Å². The van der Waals surface area contributed by atoms with Crippen molar-refractivity contribution in [3.8, 4) is 0 Å². The van der Waals surface area contributed by atoms with Gasteiger partial charge in [-0.2, -0.15) is 0 Å². The van der Waals surface area contributed by atoms with E-state index in [0.717, 1.165) is 32.2 Å². The molecule has 0 aromatic carbocycles. The van der Waals surface area contributed by atoms with Crippen molar-refractivity contribution in [2.24, 2.45) is 0 Å². The molecule has 3 unspecified atom stereocenters. The average Bonchev–Trinajstić information content (AvgIpc) is 2.67. The molecule has 1 aliphatic heterocycles. The zero-order valence-electron chi connectivity index (χ0n) is 13.4. The molecule has 5 heteroatoms. The Balaban J connectivity index is 0.00000220. The Morgan fingerprint density at radius 3 is 2.48 bits per heavy atom. The standard InChI is InChI=1S/C16H30N2O2.ClH/c1-12-11-14(9-10-17-12)18-16(19)13(2)20-15-7-5-3-4-6-8-15;/h12-15,17H,3-11H2,1-2H3,(H,18,19);1H. The molecule has 124 valence electrons. The van der Waals surface area contributed by atoms with E-state index in [1.807, 2.05) is 6.92 Å². The topological polar surface area (TPSA) is 50.4 Å². The van der Waals surface area contributed by atoms with E-state index < -0.39 is 0 Å². The van der Waals surface area contributed by atoms with E-state index in [9.17, 15) is 4.79 Å². The van der Waals surface area contributed by atoms with Crippen LogP contribution in [0.1, 0.15) is 65.2 Å². The van der Waals surface area contributed by atoms with Crippen molar-refractivity contribution in [1.29, 1.82) is 0 Å². The molecule has 2 rings (SSSR count). The molecule has 1 saturated heterocycles. The average molecular weight is 319 g/mol. The number of halogens is 1. The second kappa shape index (κ2) is 9.65. The van der Waals surface area contributed by atoms with Crippen LogP contribution in [0.25, 0.3) is 0 Å². The van der Waals surface area contributed by atoms with Gasteiger partial charge < -0.3 is 15.4 Å². The molecule has 1 aliphatic carbocycles. The minimum atomic E-state index is -0.316. The number of carbonyl (C=O) groups excluding carboxylic acids is 1. The van der Waals surface area contributed by atoms with Crippen molar-refractivity contribution < 1.29 is 9.53 Å². The zero-order valence-corrected chi connectivity index (χ0v) is 14.2. The van der Waals surface area contributed by atoms with E-state index >= 15 is 0 Å². The summed E-state index contributed by atoms with van der Waals surface area (Å²) in [6, 6.07) is 0.797. The Bertz CT molecular complexity index is 307. The predicted octanol–water partition coefficient (Wildman–Crippen LogP) is 2.79. The highest BCUT2D eigenvalue weighted by molar-refractivity contribution is 5.85. The van der Waals surface area contributed by atoms with Crippen molar-refractivity contribution in [1.82, 2.24) is 10.6 Å². The third-order valence-corrected chi connectivity index (χ3v) is 4.54. The maximum Gasteiger partial charge on any atom is 0.249 e. The Kier molecular flexibility index (Phi) is 8.60. The number of piperidine rings is 1. The molecular weight excluding hydrogens is 288 g/mol. The van der Waals surface area contributed by atoms with Gasteiger partial charge in [0.1, 0.15) is 6.10 Å². The Morgan fingerprint density at radius 1 is 1.19 bits per heavy atom. The summed E-state index contributed by atoms with van der Waals surface area (Å²) >= 11 is 0. The smallest absolute Gasteiger partial charge is 0.249 e. The molecule has 1 amide bonds. The van der Waals surface area contributed by atoms with Crippen LogP contribution in [0, 0.1) is 0 Å². The molecule has 2 N–H and O–H groups in total. The van der Waals surface area contributed by atoms with Gasteiger partial charge >= 0.3 is 0 Å². The van der Waals surface area contributed by atoms with Gasteiger partial charge in [0, 0.05) is 12.1 Å². The summed E-state index contributed by atoms with van der Waals surface area (Å²) in [5.74, 6) is 0.0633. The van der Waals surface area contributed by atoms with Crippen LogP contribution in [0.3, 0.4) is 0 Å². The van der Waals surface area contributed by atoms with E-state index in [4.69, 9.17) is 4.74 Å². The number of nitrogens with one attached hydrogen (secondary N) is 2. The fourth-order valence-electron chi connectivity index (χ4n) is 3.31. The van der Waals surface area contributed by atoms with Gasteiger partial charge in [0.05, 0.1) is 6.10 Å². The zero-order chi connectivity index (χ0) is 14.4. The van der Waals surface area contributed by atoms with Gasteiger partial charge in [-0.25, -0.2) is 0 Å². The summed E-state index contributed by atoms with van der Waals surface area (Å²) in [6.45, 7) is 5.05. The van der Waals surface area contributed by atoms with Gasteiger partial charge in [0.25, 0.3) is 0 Å². The molecule has 0 spiro atoms. The fourth-order valence-corrected chi connectivity index (χ4v) is 3.31. The molecule has 2 fully saturated rings. The second-order valence-electron chi connectivity index (χ2n) is 6.48. The third-order valence-electron chi connectivity index (χ3n) is 4.54. The first-order valence-corrected chi connectivity index (χ1v) is 8.34. The Labute approximate surface area is 135 Å². The number of amides is 1. The molecule has 0 bridgehead atoms. The van der Waals surface area contributed by atoms with E-state index in [2.05, 4.69) is 17.6 Å². The van der Waals surface area contributed by atoms with E-state index in [1.165, 1.54) is 25.7 Å². The minimum Gasteiger partial charge on any atom is -0.365 e. The molecule has 0 radical (unpaired) electrons. The molecule has 0 aromatic heterocycles. The highest BCUT2D eigenvalue weighted by Gasteiger charge is 2.24. The third kappa shape index (κ3) is 6.54. The molecule has 1 heterocycles. The van der Waals surface area contributed by atoms with Gasteiger partial charge in [0.15, 0.2) is 0 Å². The first-order valence-electron chi connectivity index (χ1n) is 8.34. The summed E-state index contributed by atoms with van der Waals surface area (Å²) in [5, 5.41) is 6.55. The molecular formula is C16H31ClN2O2. The van der Waals surface area contributed by atoms with Crippen LogP contribution in [-0.2, 0) is 9.53 Å². The van der Waals surface area contributed by atoms with E-state index in [1.54, 1.807) is 0 Å². The molecule has 21 heavy (non-hydrogen) atoms.